The van der Waals surface area contributed by atoms with E-state index in [1.807, 2.05) is 64.0 Å². The Kier molecular flexibility index (Phi) is 10.6. The van der Waals surface area contributed by atoms with Gasteiger partial charge in [-0.1, -0.05) is 44.2 Å². The Bertz CT molecular complexity index is 836. The third-order valence-corrected chi connectivity index (χ3v) is 10.9. The maximum absolute atomic E-state index is 13.1. The first-order valence-corrected chi connectivity index (χ1v) is 15.5. The summed E-state index contributed by atoms with van der Waals surface area (Å²) in [5.41, 5.74) is 1.28. The summed E-state index contributed by atoms with van der Waals surface area (Å²) in [6.45, 7) is 10.7. The second-order valence-electron chi connectivity index (χ2n) is 10.6. The van der Waals surface area contributed by atoms with Crippen LogP contribution >= 0.6 is 0 Å². The highest BCUT2D eigenvalue weighted by Gasteiger charge is 2.48. The number of fused-ring (bicyclic) bond motifs is 2. The molecule has 3 rings (SSSR count). The largest absolute Gasteiger partial charge is 0.308 e. The first kappa shape index (κ1) is 28.5. The normalized spacial score (nSPS) is 25.4. The summed E-state index contributed by atoms with van der Waals surface area (Å²) in [5.74, 6) is 1.62. The molecule has 2 heterocycles. The summed E-state index contributed by atoms with van der Waals surface area (Å²) < 4.78 is 40.8. The van der Waals surface area contributed by atoms with Crippen molar-refractivity contribution in [3.63, 3.8) is 0 Å². The topological polar surface area (TPSA) is 57.7 Å². The zero-order valence-corrected chi connectivity index (χ0v) is 23.4. The molecule has 0 radical (unpaired) electrons. The van der Waals surface area contributed by atoms with Crippen molar-refractivity contribution in [2.45, 2.75) is 83.6 Å². The average Bonchev–Trinajstić information content (AvgIpc) is 3.04. The lowest BCUT2D eigenvalue weighted by Crippen LogP contribution is -2.50. The van der Waals surface area contributed by atoms with Gasteiger partial charge in [-0.3, -0.25) is 4.21 Å². The summed E-state index contributed by atoms with van der Waals surface area (Å²) >= 11 is 0. The van der Waals surface area contributed by atoms with Gasteiger partial charge in [0.1, 0.15) is 0 Å². The van der Waals surface area contributed by atoms with E-state index in [1.165, 1.54) is 5.56 Å². The van der Waals surface area contributed by atoms with Crippen LogP contribution in [0.25, 0.3) is 0 Å². The summed E-state index contributed by atoms with van der Waals surface area (Å²) in [4.78, 5) is 1.93. The summed E-state index contributed by atoms with van der Waals surface area (Å²) in [6.07, 6.45) is 4.64. The molecule has 2 aliphatic rings. The molecular formula is C26H46N2O3S2. The minimum Gasteiger partial charge on any atom is -0.308 e. The molecule has 0 aromatic heterocycles. The monoisotopic (exact) mass is 498 g/mol. The lowest BCUT2D eigenvalue weighted by Gasteiger charge is -2.41. The lowest BCUT2D eigenvalue weighted by molar-refractivity contribution is 0.152. The van der Waals surface area contributed by atoms with E-state index in [9.17, 15) is 12.6 Å². The number of piperidine rings is 1. The van der Waals surface area contributed by atoms with Gasteiger partial charge in [0.2, 0.25) is 10.0 Å². The van der Waals surface area contributed by atoms with Crippen LogP contribution in [0, 0.1) is 11.8 Å². The van der Waals surface area contributed by atoms with Gasteiger partial charge in [0.15, 0.2) is 0 Å². The van der Waals surface area contributed by atoms with Crippen LogP contribution in [0.3, 0.4) is 0 Å². The summed E-state index contributed by atoms with van der Waals surface area (Å²) in [5, 5.41) is 0. The third kappa shape index (κ3) is 7.87. The van der Waals surface area contributed by atoms with Gasteiger partial charge in [-0.2, -0.15) is 4.31 Å². The van der Waals surface area contributed by atoms with Gasteiger partial charge in [0, 0.05) is 39.9 Å². The smallest absolute Gasteiger partial charge is 0.215 e. The molecule has 33 heavy (non-hydrogen) atoms. The Morgan fingerprint density at radius 2 is 1.61 bits per heavy atom. The maximum Gasteiger partial charge on any atom is 0.215 e. The molecule has 190 valence electrons. The third-order valence-electron chi connectivity index (χ3n) is 6.88. The van der Waals surface area contributed by atoms with Crippen LogP contribution in [0.5, 0.6) is 0 Å². The average molecular weight is 499 g/mol. The predicted octanol–water partition coefficient (Wildman–Crippen LogP) is 4.55. The lowest BCUT2D eigenvalue weighted by atomic mass is 9.79. The second-order valence-corrected chi connectivity index (χ2v) is 14.9. The van der Waals surface area contributed by atoms with Gasteiger partial charge >= 0.3 is 0 Å². The molecule has 0 amide bonds. The molecule has 5 nitrogen and oxygen atoms in total. The molecule has 2 saturated heterocycles. The van der Waals surface area contributed by atoms with E-state index in [0.29, 0.717) is 24.1 Å². The summed E-state index contributed by atoms with van der Waals surface area (Å²) in [7, 11) is -0.320. The van der Waals surface area contributed by atoms with Crippen molar-refractivity contribution in [2.24, 2.45) is 11.8 Å². The SMILES string of the molecule is CC.CN(C)CCS(=O)(=O)N1[C@@H]2CC[C@H]1CC([C@@H](Cc1ccccc1)C[S@@](=O)C(C)(C)C)C2. The van der Waals surface area contributed by atoms with Crippen LogP contribution < -0.4 is 0 Å². The van der Waals surface area contributed by atoms with Gasteiger partial charge in [0.05, 0.1) is 5.75 Å². The summed E-state index contributed by atoms with van der Waals surface area (Å²) in [6, 6.07) is 10.7. The fraction of sp³-hybridized carbons (Fsp3) is 0.769. The highest BCUT2D eigenvalue weighted by molar-refractivity contribution is 7.89. The van der Waals surface area contributed by atoms with Crippen LogP contribution in [-0.2, 0) is 27.2 Å². The van der Waals surface area contributed by atoms with Gasteiger partial charge in [-0.05, 0) is 84.4 Å². The molecule has 7 heteroatoms. The van der Waals surface area contributed by atoms with Gasteiger partial charge in [-0.25, -0.2) is 8.42 Å². The molecule has 0 saturated carbocycles. The molecule has 1 unspecified atom stereocenters. The Balaban J connectivity index is 0.00000187. The van der Waals surface area contributed by atoms with Crippen molar-refractivity contribution < 1.29 is 12.6 Å². The Morgan fingerprint density at radius 3 is 2.09 bits per heavy atom. The molecule has 0 spiro atoms. The standard InChI is InChI=1S/C24H40N2O3S2.C2H6/c1-24(2,3)30(27)18-21(15-19-9-7-6-8-10-19)20-16-22-11-12-23(17-20)26(22)31(28,29)14-13-25(4)5;1-2/h6-10,20-23H,11-18H2,1-5H3;1-2H3/t20?,21-,22-,23+,30+;/m0./s1. The molecule has 2 aliphatic heterocycles. The van der Waals surface area contributed by atoms with Crippen molar-refractivity contribution in [1.82, 2.24) is 9.21 Å². The molecule has 0 N–H and O–H groups in total. The second kappa shape index (κ2) is 12.3. The van der Waals surface area contributed by atoms with E-state index in [0.717, 1.165) is 32.1 Å². The van der Waals surface area contributed by atoms with Crippen LogP contribution in [-0.4, -0.2) is 70.8 Å². The van der Waals surface area contributed by atoms with Crippen molar-refractivity contribution >= 4 is 20.8 Å². The van der Waals surface area contributed by atoms with E-state index in [-0.39, 0.29) is 22.6 Å². The molecule has 2 fully saturated rings. The number of rotatable bonds is 9. The van der Waals surface area contributed by atoms with Crippen LogP contribution in [0.15, 0.2) is 30.3 Å². The minimum absolute atomic E-state index is 0.109. The van der Waals surface area contributed by atoms with Gasteiger partial charge in [-0.15, -0.1) is 0 Å². The highest BCUT2D eigenvalue weighted by atomic mass is 32.2. The quantitative estimate of drug-likeness (QED) is 0.501. The predicted molar refractivity (Wildman–Crippen MR) is 141 cm³/mol. The van der Waals surface area contributed by atoms with Crippen LogP contribution in [0.2, 0.25) is 0 Å². The molecule has 0 aliphatic carbocycles. The van der Waals surface area contributed by atoms with Crippen molar-refractivity contribution in [1.29, 1.82) is 0 Å². The Morgan fingerprint density at radius 1 is 1.06 bits per heavy atom. The van der Waals surface area contributed by atoms with Crippen LogP contribution in [0.1, 0.15) is 65.9 Å². The molecular weight excluding hydrogens is 452 g/mol. The van der Waals surface area contributed by atoms with Crippen molar-refractivity contribution in [3.05, 3.63) is 35.9 Å². The molecule has 1 aromatic rings. The van der Waals surface area contributed by atoms with E-state index in [2.05, 4.69) is 24.3 Å². The maximum atomic E-state index is 13.1. The minimum atomic E-state index is -3.24. The van der Waals surface area contributed by atoms with Gasteiger partial charge < -0.3 is 4.90 Å². The van der Waals surface area contributed by atoms with Crippen LogP contribution in [0.4, 0.5) is 0 Å². The number of benzene rings is 1. The first-order valence-electron chi connectivity index (χ1n) is 12.6. The van der Waals surface area contributed by atoms with Crippen molar-refractivity contribution in [2.75, 3.05) is 32.1 Å². The van der Waals surface area contributed by atoms with E-state index >= 15 is 0 Å². The molecule has 2 bridgehead atoms. The molecule has 1 aromatic carbocycles. The fourth-order valence-electron chi connectivity index (χ4n) is 5.14. The highest BCUT2D eigenvalue weighted by Crippen LogP contribution is 2.44. The van der Waals surface area contributed by atoms with E-state index in [1.54, 1.807) is 0 Å². The number of hydrogen-bond donors (Lipinski definition) is 0. The zero-order valence-electron chi connectivity index (χ0n) is 21.8. The Labute approximate surface area is 205 Å². The fourth-order valence-corrected chi connectivity index (χ4v) is 8.52. The Hall–Kier alpha value is -0.760. The number of hydrogen-bond acceptors (Lipinski definition) is 4. The molecule has 5 atom stereocenters. The van der Waals surface area contributed by atoms with Gasteiger partial charge in [0.25, 0.3) is 0 Å². The number of nitrogens with zero attached hydrogens (tertiary/aromatic N) is 2. The first-order chi connectivity index (χ1) is 15.5. The zero-order chi connectivity index (χ0) is 24.8. The van der Waals surface area contributed by atoms with E-state index < -0.39 is 20.8 Å². The van der Waals surface area contributed by atoms with E-state index in [4.69, 9.17) is 0 Å². The van der Waals surface area contributed by atoms with Crippen molar-refractivity contribution in [3.8, 4) is 0 Å². The number of sulfonamides is 1.